The van der Waals surface area contributed by atoms with Crippen molar-refractivity contribution in [3.05, 3.63) is 47.5 Å². The summed E-state index contributed by atoms with van der Waals surface area (Å²) in [6.07, 6.45) is 6.46. The van der Waals surface area contributed by atoms with Gasteiger partial charge in [0, 0.05) is 12.5 Å². The van der Waals surface area contributed by atoms with Crippen LogP contribution in [0, 0.1) is 0 Å². The minimum Gasteiger partial charge on any atom is -0.303 e. The van der Waals surface area contributed by atoms with E-state index < -0.39 is 0 Å². The highest BCUT2D eigenvalue weighted by Gasteiger charge is 2.29. The first-order valence-electron chi connectivity index (χ1n) is 8.53. The van der Waals surface area contributed by atoms with Crippen molar-refractivity contribution < 1.29 is 0 Å². The lowest BCUT2D eigenvalue weighted by Gasteiger charge is -2.31. The van der Waals surface area contributed by atoms with Gasteiger partial charge in [-0.05, 0) is 49.9 Å². The van der Waals surface area contributed by atoms with Gasteiger partial charge in [-0.2, -0.15) is 5.10 Å². The van der Waals surface area contributed by atoms with E-state index in [-0.39, 0.29) is 0 Å². The molecular formula is C18H24N4. The molecule has 1 aromatic carbocycles. The summed E-state index contributed by atoms with van der Waals surface area (Å²) in [7, 11) is 0. The summed E-state index contributed by atoms with van der Waals surface area (Å²) in [5.74, 6) is 1.75. The van der Waals surface area contributed by atoms with E-state index in [2.05, 4.69) is 50.9 Å². The zero-order valence-electron chi connectivity index (χ0n) is 13.3. The van der Waals surface area contributed by atoms with Gasteiger partial charge < -0.3 is 4.90 Å². The van der Waals surface area contributed by atoms with Gasteiger partial charge >= 0.3 is 0 Å². The van der Waals surface area contributed by atoms with Gasteiger partial charge in [-0.3, -0.25) is 0 Å². The van der Waals surface area contributed by atoms with Gasteiger partial charge in [-0.15, -0.1) is 0 Å². The second-order valence-electron chi connectivity index (χ2n) is 6.63. The first-order chi connectivity index (χ1) is 10.8. The standard InChI is InChI=1S/C18H24N4/c1-2-21-9-5-8-16(12-21)18-19-13-20-22(18)17-10-14-6-3-4-7-15(14)11-17/h3-4,6-7,13,16-17H,2,5,8-12H2,1H3/t16-/m1/s1. The van der Waals surface area contributed by atoms with Crippen LogP contribution in [-0.2, 0) is 12.8 Å². The Bertz CT molecular complexity index is 623. The molecule has 4 rings (SSSR count). The molecule has 1 fully saturated rings. The number of rotatable bonds is 3. The highest BCUT2D eigenvalue weighted by atomic mass is 15.4. The van der Waals surface area contributed by atoms with Gasteiger partial charge in [0.1, 0.15) is 12.2 Å². The molecule has 1 saturated heterocycles. The minimum absolute atomic E-state index is 0.451. The average molecular weight is 296 g/mol. The van der Waals surface area contributed by atoms with E-state index in [0.29, 0.717) is 12.0 Å². The SMILES string of the molecule is CCN1CCC[C@@H](c2ncnn2C2Cc3ccccc3C2)C1. The molecule has 0 unspecified atom stereocenters. The Kier molecular flexibility index (Phi) is 3.70. The maximum atomic E-state index is 4.64. The van der Waals surface area contributed by atoms with Crippen molar-refractivity contribution in [1.82, 2.24) is 19.7 Å². The molecule has 1 aromatic heterocycles. The van der Waals surface area contributed by atoms with E-state index in [1.54, 1.807) is 6.33 Å². The fourth-order valence-corrected chi connectivity index (χ4v) is 4.09. The molecule has 0 amide bonds. The van der Waals surface area contributed by atoms with Crippen molar-refractivity contribution in [3.63, 3.8) is 0 Å². The Labute approximate surface area is 132 Å². The Balaban J connectivity index is 1.56. The maximum Gasteiger partial charge on any atom is 0.138 e. The number of benzene rings is 1. The number of hydrogen-bond donors (Lipinski definition) is 0. The predicted molar refractivity (Wildman–Crippen MR) is 87.0 cm³/mol. The monoisotopic (exact) mass is 296 g/mol. The third-order valence-corrected chi connectivity index (χ3v) is 5.29. The van der Waals surface area contributed by atoms with Crippen molar-refractivity contribution in [2.45, 2.75) is 44.6 Å². The van der Waals surface area contributed by atoms with E-state index >= 15 is 0 Å². The molecule has 2 heterocycles. The van der Waals surface area contributed by atoms with Crippen molar-refractivity contribution in [2.75, 3.05) is 19.6 Å². The van der Waals surface area contributed by atoms with Gasteiger partial charge in [-0.1, -0.05) is 31.2 Å². The van der Waals surface area contributed by atoms with Crippen molar-refractivity contribution in [2.24, 2.45) is 0 Å². The van der Waals surface area contributed by atoms with Crippen LogP contribution < -0.4 is 0 Å². The van der Waals surface area contributed by atoms with Crippen LogP contribution in [-0.4, -0.2) is 39.3 Å². The van der Waals surface area contributed by atoms with E-state index in [0.717, 1.165) is 25.9 Å². The first-order valence-corrected chi connectivity index (χ1v) is 8.53. The van der Waals surface area contributed by atoms with Gasteiger partial charge in [-0.25, -0.2) is 9.67 Å². The van der Waals surface area contributed by atoms with Crippen LogP contribution in [0.4, 0.5) is 0 Å². The lowest BCUT2D eigenvalue weighted by molar-refractivity contribution is 0.209. The molecule has 1 aliphatic heterocycles. The van der Waals surface area contributed by atoms with Crippen molar-refractivity contribution in [3.8, 4) is 0 Å². The van der Waals surface area contributed by atoms with Gasteiger partial charge in [0.05, 0.1) is 6.04 Å². The van der Waals surface area contributed by atoms with Crippen LogP contribution >= 0.6 is 0 Å². The largest absolute Gasteiger partial charge is 0.303 e. The zero-order valence-corrected chi connectivity index (χ0v) is 13.3. The molecule has 1 aliphatic carbocycles. The molecular weight excluding hydrogens is 272 g/mol. The van der Waals surface area contributed by atoms with Crippen LogP contribution in [0.25, 0.3) is 0 Å². The average Bonchev–Trinajstić information content (AvgIpc) is 3.21. The lowest BCUT2D eigenvalue weighted by Crippen LogP contribution is -2.35. The summed E-state index contributed by atoms with van der Waals surface area (Å²) < 4.78 is 2.23. The summed E-state index contributed by atoms with van der Waals surface area (Å²) in [4.78, 5) is 7.18. The zero-order chi connectivity index (χ0) is 14.9. The van der Waals surface area contributed by atoms with Crippen LogP contribution in [0.15, 0.2) is 30.6 Å². The molecule has 4 nitrogen and oxygen atoms in total. The number of piperidine rings is 1. The molecule has 22 heavy (non-hydrogen) atoms. The molecule has 116 valence electrons. The fraction of sp³-hybridized carbons (Fsp3) is 0.556. The molecule has 1 atom stereocenters. The van der Waals surface area contributed by atoms with Gasteiger partial charge in [0.25, 0.3) is 0 Å². The molecule has 0 saturated carbocycles. The highest BCUT2D eigenvalue weighted by Crippen LogP contribution is 2.33. The minimum atomic E-state index is 0.451. The Morgan fingerprint density at radius 2 is 1.95 bits per heavy atom. The molecule has 0 N–H and O–H groups in total. The first kappa shape index (κ1) is 13.9. The normalized spacial score (nSPS) is 22.9. The smallest absolute Gasteiger partial charge is 0.138 e. The second kappa shape index (κ2) is 5.84. The van der Waals surface area contributed by atoms with Gasteiger partial charge in [0.2, 0.25) is 0 Å². The summed E-state index contributed by atoms with van der Waals surface area (Å²) >= 11 is 0. The van der Waals surface area contributed by atoms with E-state index in [9.17, 15) is 0 Å². The van der Waals surface area contributed by atoms with Gasteiger partial charge in [0.15, 0.2) is 0 Å². The maximum absolute atomic E-state index is 4.64. The molecule has 2 aromatic rings. The van der Waals surface area contributed by atoms with Crippen molar-refractivity contribution >= 4 is 0 Å². The van der Waals surface area contributed by atoms with E-state index in [4.69, 9.17) is 0 Å². The lowest BCUT2D eigenvalue weighted by atomic mass is 9.97. The highest BCUT2D eigenvalue weighted by molar-refractivity contribution is 5.33. The van der Waals surface area contributed by atoms with Crippen LogP contribution in [0.2, 0.25) is 0 Å². The number of fused-ring (bicyclic) bond motifs is 1. The molecule has 0 radical (unpaired) electrons. The molecule has 0 bridgehead atoms. The molecule has 0 spiro atoms. The van der Waals surface area contributed by atoms with Crippen LogP contribution in [0.1, 0.15) is 48.7 Å². The van der Waals surface area contributed by atoms with E-state index in [1.807, 2.05) is 0 Å². The Hall–Kier alpha value is -1.68. The van der Waals surface area contributed by atoms with Crippen molar-refractivity contribution in [1.29, 1.82) is 0 Å². The summed E-state index contributed by atoms with van der Waals surface area (Å²) in [5, 5.41) is 4.59. The number of aromatic nitrogens is 3. The number of hydrogen-bond acceptors (Lipinski definition) is 3. The third-order valence-electron chi connectivity index (χ3n) is 5.29. The second-order valence-corrected chi connectivity index (χ2v) is 6.63. The summed E-state index contributed by atoms with van der Waals surface area (Å²) in [5.41, 5.74) is 2.96. The number of nitrogens with zero attached hydrogens (tertiary/aromatic N) is 4. The Morgan fingerprint density at radius 3 is 2.68 bits per heavy atom. The third kappa shape index (κ3) is 2.45. The molecule has 2 aliphatic rings. The predicted octanol–water partition coefficient (Wildman–Crippen LogP) is 2.82. The van der Waals surface area contributed by atoms with E-state index in [1.165, 1.54) is 36.3 Å². The summed E-state index contributed by atoms with van der Waals surface area (Å²) in [6, 6.07) is 9.25. The summed E-state index contributed by atoms with van der Waals surface area (Å²) in [6.45, 7) is 5.76. The Morgan fingerprint density at radius 1 is 1.18 bits per heavy atom. The quantitative estimate of drug-likeness (QED) is 0.873. The number of likely N-dealkylation sites (N-methyl/N-ethyl adjacent to an activating group) is 1. The van der Waals surface area contributed by atoms with Crippen LogP contribution in [0.5, 0.6) is 0 Å². The molecule has 4 heteroatoms. The number of likely N-dealkylation sites (tertiary alicyclic amines) is 1. The topological polar surface area (TPSA) is 34.0 Å². The fourth-order valence-electron chi connectivity index (χ4n) is 4.09. The van der Waals surface area contributed by atoms with Crippen LogP contribution in [0.3, 0.4) is 0 Å².